The van der Waals surface area contributed by atoms with Gasteiger partial charge in [-0.15, -0.1) is 0 Å². The van der Waals surface area contributed by atoms with Gasteiger partial charge in [-0.25, -0.2) is 4.79 Å². The van der Waals surface area contributed by atoms with Crippen molar-refractivity contribution in [1.29, 1.82) is 0 Å². The SMILES string of the molecule is O=C(O)C1CCCN(C(=O)N2Cc3ccccc3C2)C1. The van der Waals surface area contributed by atoms with E-state index in [2.05, 4.69) is 0 Å². The Kier molecular flexibility index (Phi) is 3.34. The summed E-state index contributed by atoms with van der Waals surface area (Å²) in [6, 6.07) is 8.01. The first-order valence-corrected chi connectivity index (χ1v) is 6.98. The molecule has 0 radical (unpaired) electrons. The highest BCUT2D eigenvalue weighted by atomic mass is 16.4. The second-order valence-electron chi connectivity index (χ2n) is 5.53. The molecule has 5 nitrogen and oxygen atoms in total. The van der Waals surface area contributed by atoms with Gasteiger partial charge in [-0.2, -0.15) is 0 Å². The summed E-state index contributed by atoms with van der Waals surface area (Å²) >= 11 is 0. The van der Waals surface area contributed by atoms with E-state index in [4.69, 9.17) is 5.11 Å². The van der Waals surface area contributed by atoms with Crippen molar-refractivity contribution in [2.45, 2.75) is 25.9 Å². The van der Waals surface area contributed by atoms with Crippen LogP contribution in [0.2, 0.25) is 0 Å². The zero-order valence-electron chi connectivity index (χ0n) is 11.3. The molecule has 1 saturated heterocycles. The predicted octanol–water partition coefficient (Wildman–Crippen LogP) is 1.92. The van der Waals surface area contributed by atoms with Gasteiger partial charge in [0.2, 0.25) is 0 Å². The molecule has 1 atom stereocenters. The Bertz CT molecular complexity index is 519. The van der Waals surface area contributed by atoms with E-state index in [1.807, 2.05) is 24.3 Å². The van der Waals surface area contributed by atoms with Crippen LogP contribution in [0.3, 0.4) is 0 Å². The van der Waals surface area contributed by atoms with Gasteiger partial charge < -0.3 is 14.9 Å². The number of aliphatic carboxylic acids is 1. The summed E-state index contributed by atoms with van der Waals surface area (Å²) in [6.45, 7) is 2.25. The van der Waals surface area contributed by atoms with Crippen molar-refractivity contribution in [3.8, 4) is 0 Å². The van der Waals surface area contributed by atoms with E-state index in [9.17, 15) is 9.59 Å². The van der Waals surface area contributed by atoms with E-state index in [1.165, 1.54) is 11.1 Å². The van der Waals surface area contributed by atoms with Crippen LogP contribution in [0.15, 0.2) is 24.3 Å². The summed E-state index contributed by atoms with van der Waals surface area (Å²) in [6.07, 6.45) is 1.43. The third-order valence-electron chi connectivity index (χ3n) is 4.15. The van der Waals surface area contributed by atoms with Gasteiger partial charge in [0.05, 0.1) is 5.92 Å². The molecule has 1 aromatic carbocycles. The molecular weight excluding hydrogens is 256 g/mol. The minimum absolute atomic E-state index is 0.0350. The predicted molar refractivity (Wildman–Crippen MR) is 73.0 cm³/mol. The molecule has 5 heteroatoms. The Morgan fingerprint density at radius 1 is 1.10 bits per heavy atom. The maximum absolute atomic E-state index is 12.5. The van der Waals surface area contributed by atoms with E-state index >= 15 is 0 Å². The van der Waals surface area contributed by atoms with E-state index in [0.29, 0.717) is 32.6 Å². The summed E-state index contributed by atoms with van der Waals surface area (Å²) in [4.78, 5) is 27.1. The first kappa shape index (κ1) is 13.0. The van der Waals surface area contributed by atoms with Crippen LogP contribution >= 0.6 is 0 Å². The lowest BCUT2D eigenvalue weighted by Gasteiger charge is -2.33. The number of hydrogen-bond acceptors (Lipinski definition) is 2. The maximum Gasteiger partial charge on any atom is 0.320 e. The number of carbonyl (C=O) groups is 2. The summed E-state index contributed by atoms with van der Waals surface area (Å²) in [5.74, 6) is -1.22. The van der Waals surface area contributed by atoms with E-state index in [0.717, 1.165) is 6.42 Å². The van der Waals surface area contributed by atoms with Crippen molar-refractivity contribution in [1.82, 2.24) is 9.80 Å². The molecule has 0 saturated carbocycles. The number of rotatable bonds is 1. The Morgan fingerprint density at radius 2 is 1.75 bits per heavy atom. The number of amides is 2. The van der Waals surface area contributed by atoms with Gasteiger partial charge in [-0.1, -0.05) is 24.3 Å². The van der Waals surface area contributed by atoms with Crippen LogP contribution in [-0.4, -0.2) is 40.0 Å². The van der Waals surface area contributed by atoms with Gasteiger partial charge >= 0.3 is 12.0 Å². The van der Waals surface area contributed by atoms with Crippen LogP contribution in [0.4, 0.5) is 4.79 Å². The van der Waals surface area contributed by atoms with Gasteiger partial charge in [-0.3, -0.25) is 4.79 Å². The number of carboxylic acids is 1. The minimum atomic E-state index is -0.799. The number of carbonyl (C=O) groups excluding carboxylic acids is 1. The fourth-order valence-corrected chi connectivity index (χ4v) is 3.02. The Hall–Kier alpha value is -2.04. The number of fused-ring (bicyclic) bond motifs is 1. The van der Waals surface area contributed by atoms with Gasteiger partial charge in [0.25, 0.3) is 0 Å². The first-order valence-electron chi connectivity index (χ1n) is 6.98. The number of urea groups is 1. The molecule has 3 rings (SSSR count). The summed E-state index contributed by atoms with van der Waals surface area (Å²) in [7, 11) is 0. The topological polar surface area (TPSA) is 60.9 Å². The molecule has 2 aliphatic rings. The van der Waals surface area contributed by atoms with Crippen LogP contribution < -0.4 is 0 Å². The Balaban J connectivity index is 1.67. The number of hydrogen-bond donors (Lipinski definition) is 1. The quantitative estimate of drug-likeness (QED) is 0.851. The van der Waals surface area contributed by atoms with Crippen LogP contribution in [0.5, 0.6) is 0 Å². The molecule has 1 aromatic rings. The molecule has 20 heavy (non-hydrogen) atoms. The largest absolute Gasteiger partial charge is 0.481 e. The Morgan fingerprint density at radius 3 is 2.35 bits per heavy atom. The normalized spacial score (nSPS) is 21.7. The standard InChI is InChI=1S/C15H18N2O3/c18-14(19)13-6-3-7-16(10-13)15(20)17-8-11-4-1-2-5-12(11)9-17/h1-2,4-5,13H,3,6-10H2,(H,18,19). The molecule has 1 N–H and O–H groups in total. The minimum Gasteiger partial charge on any atom is -0.481 e. The van der Waals surface area contributed by atoms with Crippen LogP contribution in [0.1, 0.15) is 24.0 Å². The molecule has 0 aliphatic carbocycles. The van der Waals surface area contributed by atoms with E-state index in [-0.39, 0.29) is 6.03 Å². The number of benzene rings is 1. The second-order valence-corrected chi connectivity index (χ2v) is 5.53. The van der Waals surface area contributed by atoms with E-state index in [1.54, 1.807) is 9.80 Å². The van der Waals surface area contributed by atoms with Crippen molar-refractivity contribution in [3.63, 3.8) is 0 Å². The number of nitrogens with zero attached hydrogens (tertiary/aromatic N) is 2. The maximum atomic E-state index is 12.5. The Labute approximate surface area is 117 Å². The highest BCUT2D eigenvalue weighted by Crippen LogP contribution is 2.25. The van der Waals surface area contributed by atoms with Gasteiger partial charge in [0, 0.05) is 26.2 Å². The molecule has 0 spiro atoms. The molecular formula is C15H18N2O3. The van der Waals surface area contributed by atoms with Crippen molar-refractivity contribution >= 4 is 12.0 Å². The molecule has 0 bridgehead atoms. The summed E-state index contributed by atoms with van der Waals surface area (Å²) < 4.78 is 0. The molecule has 2 amide bonds. The lowest BCUT2D eigenvalue weighted by molar-refractivity contribution is -0.143. The number of carboxylic acid groups (broad SMARTS) is 1. The molecule has 2 aliphatic heterocycles. The lowest BCUT2D eigenvalue weighted by Crippen LogP contribution is -2.47. The van der Waals surface area contributed by atoms with Gasteiger partial charge in [-0.05, 0) is 24.0 Å². The average Bonchev–Trinajstić information content (AvgIpc) is 2.90. The highest BCUT2D eigenvalue weighted by Gasteiger charge is 2.32. The highest BCUT2D eigenvalue weighted by molar-refractivity contribution is 5.77. The van der Waals surface area contributed by atoms with Crippen molar-refractivity contribution in [2.75, 3.05) is 13.1 Å². The average molecular weight is 274 g/mol. The smallest absolute Gasteiger partial charge is 0.320 e. The summed E-state index contributed by atoms with van der Waals surface area (Å²) in [5, 5.41) is 9.09. The second kappa shape index (κ2) is 5.15. The van der Waals surface area contributed by atoms with Crippen LogP contribution in [0, 0.1) is 5.92 Å². The van der Waals surface area contributed by atoms with Crippen molar-refractivity contribution in [2.24, 2.45) is 5.92 Å². The zero-order valence-corrected chi connectivity index (χ0v) is 11.3. The van der Waals surface area contributed by atoms with Crippen LogP contribution in [-0.2, 0) is 17.9 Å². The third kappa shape index (κ3) is 2.35. The van der Waals surface area contributed by atoms with Crippen molar-refractivity contribution in [3.05, 3.63) is 35.4 Å². The number of piperidine rings is 1. The lowest BCUT2D eigenvalue weighted by atomic mass is 9.99. The fourth-order valence-electron chi connectivity index (χ4n) is 3.02. The monoisotopic (exact) mass is 274 g/mol. The molecule has 106 valence electrons. The summed E-state index contributed by atoms with van der Waals surface area (Å²) in [5.41, 5.74) is 2.38. The fraction of sp³-hybridized carbons (Fsp3) is 0.467. The first-order chi connectivity index (χ1) is 9.65. The molecule has 1 fully saturated rings. The molecule has 1 unspecified atom stereocenters. The van der Waals surface area contributed by atoms with Gasteiger partial charge in [0.15, 0.2) is 0 Å². The zero-order chi connectivity index (χ0) is 14.1. The van der Waals surface area contributed by atoms with Gasteiger partial charge in [0.1, 0.15) is 0 Å². The van der Waals surface area contributed by atoms with Crippen LogP contribution in [0.25, 0.3) is 0 Å². The molecule has 0 aromatic heterocycles. The van der Waals surface area contributed by atoms with E-state index < -0.39 is 11.9 Å². The third-order valence-corrected chi connectivity index (χ3v) is 4.15. The number of likely N-dealkylation sites (tertiary alicyclic amines) is 1. The van der Waals surface area contributed by atoms with Crippen molar-refractivity contribution < 1.29 is 14.7 Å². The molecule has 2 heterocycles.